The first-order valence-electron chi connectivity index (χ1n) is 8.58. The van der Waals surface area contributed by atoms with E-state index in [0.717, 1.165) is 16.9 Å². The van der Waals surface area contributed by atoms with Gasteiger partial charge in [0.2, 0.25) is 0 Å². The van der Waals surface area contributed by atoms with Crippen LogP contribution in [-0.4, -0.2) is 43.3 Å². The zero-order valence-electron chi connectivity index (χ0n) is 14.5. The average Bonchev–Trinajstić information content (AvgIpc) is 2.65. The second-order valence-electron chi connectivity index (χ2n) is 6.21. The van der Waals surface area contributed by atoms with Crippen molar-refractivity contribution in [1.29, 1.82) is 0 Å². The van der Waals surface area contributed by atoms with Gasteiger partial charge in [-0.2, -0.15) is 0 Å². The molecular formula is C20H24N2O3. The Bertz CT molecular complexity index is 690. The van der Waals surface area contributed by atoms with Crippen molar-refractivity contribution in [2.24, 2.45) is 0 Å². The molecule has 1 aliphatic rings. The maximum atomic E-state index is 12.4. The number of hydrogen-bond acceptors (Lipinski definition) is 3. The Balaban J connectivity index is 1.46. The highest BCUT2D eigenvalue weighted by atomic mass is 16.5. The Hall–Kier alpha value is -2.53. The highest BCUT2D eigenvalue weighted by Crippen LogP contribution is 2.14. The quantitative estimate of drug-likeness (QED) is 0.910. The van der Waals surface area contributed by atoms with Crippen LogP contribution in [0.1, 0.15) is 11.1 Å². The van der Waals surface area contributed by atoms with Crippen LogP contribution < -0.4 is 10.1 Å². The van der Waals surface area contributed by atoms with E-state index in [4.69, 9.17) is 9.47 Å². The van der Waals surface area contributed by atoms with Gasteiger partial charge in [-0.1, -0.05) is 42.5 Å². The van der Waals surface area contributed by atoms with Crippen molar-refractivity contribution in [3.63, 3.8) is 0 Å². The topological polar surface area (TPSA) is 50.8 Å². The fourth-order valence-electron chi connectivity index (χ4n) is 2.78. The van der Waals surface area contributed by atoms with E-state index in [9.17, 15) is 4.79 Å². The van der Waals surface area contributed by atoms with Crippen LogP contribution in [0.2, 0.25) is 0 Å². The summed E-state index contributed by atoms with van der Waals surface area (Å²) in [5.74, 6) is 0.828. The third kappa shape index (κ3) is 5.22. The Labute approximate surface area is 148 Å². The maximum absolute atomic E-state index is 12.4. The van der Waals surface area contributed by atoms with Gasteiger partial charge >= 0.3 is 6.03 Å². The molecule has 1 saturated heterocycles. The smallest absolute Gasteiger partial charge is 0.317 e. The summed E-state index contributed by atoms with van der Waals surface area (Å²) in [5, 5.41) is 2.96. The summed E-state index contributed by atoms with van der Waals surface area (Å²) in [6, 6.07) is 17.8. The highest BCUT2D eigenvalue weighted by molar-refractivity contribution is 5.74. The largest absolute Gasteiger partial charge is 0.491 e. The van der Waals surface area contributed by atoms with Gasteiger partial charge < -0.3 is 19.7 Å². The van der Waals surface area contributed by atoms with Crippen molar-refractivity contribution in [3.05, 3.63) is 65.7 Å². The lowest BCUT2D eigenvalue weighted by atomic mass is 10.2. The molecule has 25 heavy (non-hydrogen) atoms. The second-order valence-corrected chi connectivity index (χ2v) is 6.21. The number of rotatable bonds is 5. The van der Waals surface area contributed by atoms with Crippen molar-refractivity contribution < 1.29 is 14.3 Å². The number of nitrogens with one attached hydrogen (secondary N) is 1. The van der Waals surface area contributed by atoms with Gasteiger partial charge in [-0.3, -0.25) is 0 Å². The summed E-state index contributed by atoms with van der Waals surface area (Å²) in [6.07, 6.45) is -0.114. The van der Waals surface area contributed by atoms with Crippen LogP contribution in [0.3, 0.4) is 0 Å². The van der Waals surface area contributed by atoms with Crippen molar-refractivity contribution in [3.8, 4) is 5.75 Å². The van der Waals surface area contributed by atoms with Gasteiger partial charge in [0, 0.05) is 13.1 Å². The minimum atomic E-state index is -0.114. The normalized spacial score (nSPS) is 17.2. The van der Waals surface area contributed by atoms with Gasteiger partial charge in [-0.25, -0.2) is 4.79 Å². The van der Waals surface area contributed by atoms with E-state index in [-0.39, 0.29) is 12.1 Å². The van der Waals surface area contributed by atoms with E-state index < -0.39 is 0 Å². The van der Waals surface area contributed by atoms with Crippen molar-refractivity contribution in [2.75, 3.05) is 26.3 Å². The molecule has 1 fully saturated rings. The van der Waals surface area contributed by atoms with E-state index in [2.05, 4.69) is 5.32 Å². The summed E-state index contributed by atoms with van der Waals surface area (Å²) >= 11 is 0. The predicted octanol–water partition coefficient (Wildman–Crippen LogP) is 2.98. The van der Waals surface area contributed by atoms with Crippen LogP contribution in [0.5, 0.6) is 5.75 Å². The Morgan fingerprint density at radius 1 is 1.24 bits per heavy atom. The van der Waals surface area contributed by atoms with E-state index in [1.807, 2.05) is 61.5 Å². The van der Waals surface area contributed by atoms with E-state index >= 15 is 0 Å². The first-order chi connectivity index (χ1) is 12.2. The summed E-state index contributed by atoms with van der Waals surface area (Å²) in [4.78, 5) is 14.1. The zero-order chi connectivity index (χ0) is 17.5. The highest BCUT2D eigenvalue weighted by Gasteiger charge is 2.24. The fraction of sp³-hybridized carbons (Fsp3) is 0.350. The third-order valence-corrected chi connectivity index (χ3v) is 4.14. The molecule has 0 unspecified atom stereocenters. The number of nitrogens with zero attached hydrogens (tertiary/aromatic N) is 1. The molecule has 0 saturated carbocycles. The Kier molecular flexibility index (Phi) is 5.90. The first kappa shape index (κ1) is 17.3. The molecule has 0 bridgehead atoms. The number of morpholine rings is 1. The molecule has 1 aliphatic heterocycles. The number of amides is 2. The molecule has 1 atom stereocenters. The van der Waals surface area contributed by atoms with Gasteiger partial charge in [0.05, 0.1) is 13.2 Å². The molecule has 0 radical (unpaired) electrons. The predicted molar refractivity (Wildman–Crippen MR) is 96.7 cm³/mol. The standard InChI is InChI=1S/C20H24N2O3/c1-16-6-5-9-18(12-16)25-15-19-14-22(10-11-24-19)20(23)21-13-17-7-3-2-4-8-17/h2-9,12,19H,10-11,13-15H2,1H3,(H,21,23)/t19-/m0/s1. The third-order valence-electron chi connectivity index (χ3n) is 4.14. The van der Waals surface area contributed by atoms with Gasteiger partial charge in [0.1, 0.15) is 18.5 Å². The monoisotopic (exact) mass is 340 g/mol. The van der Waals surface area contributed by atoms with Crippen molar-refractivity contribution >= 4 is 6.03 Å². The molecule has 2 aromatic rings. The van der Waals surface area contributed by atoms with E-state index in [1.54, 1.807) is 4.90 Å². The average molecular weight is 340 g/mol. The van der Waals surface area contributed by atoms with E-state index in [0.29, 0.717) is 32.8 Å². The lowest BCUT2D eigenvalue weighted by molar-refractivity contribution is -0.0352. The van der Waals surface area contributed by atoms with Gasteiger partial charge in [-0.05, 0) is 30.2 Å². The minimum absolute atomic E-state index is 0.0623. The molecule has 0 aliphatic carbocycles. The van der Waals surface area contributed by atoms with E-state index in [1.165, 1.54) is 0 Å². The molecule has 132 valence electrons. The SMILES string of the molecule is Cc1cccc(OC[C@@H]2CN(C(=O)NCc3ccccc3)CCO2)c1. The van der Waals surface area contributed by atoms with Gasteiger partial charge in [-0.15, -0.1) is 0 Å². The molecule has 5 heteroatoms. The summed E-state index contributed by atoms with van der Waals surface area (Å²) in [6.45, 7) is 4.66. The van der Waals surface area contributed by atoms with Crippen LogP contribution in [0.25, 0.3) is 0 Å². The Morgan fingerprint density at radius 2 is 2.08 bits per heavy atom. The second kappa shape index (κ2) is 8.53. The zero-order valence-corrected chi connectivity index (χ0v) is 14.5. The number of carbonyl (C=O) groups excluding carboxylic acids is 1. The summed E-state index contributed by atoms with van der Waals surface area (Å²) in [5.41, 5.74) is 2.24. The van der Waals surface area contributed by atoms with Gasteiger partial charge in [0.15, 0.2) is 0 Å². The van der Waals surface area contributed by atoms with Crippen molar-refractivity contribution in [1.82, 2.24) is 10.2 Å². The number of hydrogen-bond donors (Lipinski definition) is 1. The molecule has 0 spiro atoms. The Morgan fingerprint density at radius 3 is 2.88 bits per heavy atom. The maximum Gasteiger partial charge on any atom is 0.317 e. The van der Waals surface area contributed by atoms with Crippen molar-refractivity contribution in [2.45, 2.75) is 19.6 Å². The number of urea groups is 1. The number of aryl methyl sites for hydroxylation is 1. The number of ether oxygens (including phenoxy) is 2. The molecule has 2 aromatic carbocycles. The lowest BCUT2D eigenvalue weighted by Gasteiger charge is -2.32. The number of carbonyl (C=O) groups is 1. The molecule has 1 heterocycles. The summed E-state index contributed by atoms with van der Waals surface area (Å²) in [7, 11) is 0. The van der Waals surface area contributed by atoms with Crippen LogP contribution in [-0.2, 0) is 11.3 Å². The van der Waals surface area contributed by atoms with Crippen LogP contribution in [0.4, 0.5) is 4.79 Å². The number of benzene rings is 2. The van der Waals surface area contributed by atoms with Crippen LogP contribution in [0, 0.1) is 6.92 Å². The molecule has 2 amide bonds. The lowest BCUT2D eigenvalue weighted by Crippen LogP contribution is -2.50. The van der Waals surface area contributed by atoms with Crippen LogP contribution in [0.15, 0.2) is 54.6 Å². The molecule has 5 nitrogen and oxygen atoms in total. The summed E-state index contributed by atoms with van der Waals surface area (Å²) < 4.78 is 11.5. The fourth-order valence-corrected chi connectivity index (χ4v) is 2.78. The van der Waals surface area contributed by atoms with Gasteiger partial charge in [0.25, 0.3) is 0 Å². The molecule has 1 N–H and O–H groups in total. The molecular weight excluding hydrogens is 316 g/mol. The van der Waals surface area contributed by atoms with Crippen LogP contribution >= 0.6 is 0 Å². The minimum Gasteiger partial charge on any atom is -0.491 e. The first-order valence-corrected chi connectivity index (χ1v) is 8.58. The molecule has 3 rings (SSSR count). The molecule has 0 aromatic heterocycles.